The molecule has 3 rings (SSSR count). The van der Waals surface area contributed by atoms with Crippen LogP contribution >= 0.6 is 0 Å². The lowest BCUT2D eigenvalue weighted by Gasteiger charge is -2.26. The zero-order valence-corrected chi connectivity index (χ0v) is 10.8. The van der Waals surface area contributed by atoms with Crippen molar-refractivity contribution < 1.29 is 0 Å². The minimum Gasteiger partial charge on any atom is -0.310 e. The van der Waals surface area contributed by atoms with Crippen LogP contribution in [0.5, 0.6) is 0 Å². The van der Waals surface area contributed by atoms with E-state index in [1.807, 2.05) is 0 Å². The summed E-state index contributed by atoms with van der Waals surface area (Å²) in [5.74, 6) is 1.76. The molecule has 1 aromatic carbocycles. The number of rotatable bonds is 5. The Bertz CT molecular complexity index is 360. The van der Waals surface area contributed by atoms with E-state index in [0.29, 0.717) is 6.04 Å². The van der Waals surface area contributed by atoms with Crippen LogP contribution in [0, 0.1) is 5.92 Å². The maximum atomic E-state index is 3.64. The highest BCUT2D eigenvalue weighted by Crippen LogP contribution is 2.42. The summed E-state index contributed by atoms with van der Waals surface area (Å²) in [5.41, 5.74) is 3.06. The van der Waals surface area contributed by atoms with Gasteiger partial charge >= 0.3 is 0 Å². The first-order valence-electron chi connectivity index (χ1n) is 7.21. The van der Waals surface area contributed by atoms with E-state index < -0.39 is 0 Å². The Morgan fingerprint density at radius 3 is 2.29 bits per heavy atom. The second-order valence-electron chi connectivity index (χ2n) is 5.67. The molecule has 1 heteroatoms. The molecule has 2 aliphatic carbocycles. The molecule has 0 saturated heterocycles. The van der Waals surface area contributed by atoms with Gasteiger partial charge in [0.05, 0.1) is 0 Å². The lowest BCUT2D eigenvalue weighted by molar-refractivity contribution is 0.419. The molecule has 1 unspecified atom stereocenters. The average Bonchev–Trinajstić information content (AvgIpc) is 3.09. The maximum absolute atomic E-state index is 3.64. The van der Waals surface area contributed by atoms with Crippen molar-refractivity contribution in [1.29, 1.82) is 0 Å². The molecule has 92 valence electrons. The molecular formula is C16H23N. The molecule has 2 aliphatic rings. The molecule has 2 fully saturated rings. The van der Waals surface area contributed by atoms with Crippen molar-refractivity contribution in [2.45, 2.75) is 51.0 Å². The van der Waals surface area contributed by atoms with Crippen molar-refractivity contribution in [2.24, 2.45) is 5.92 Å². The molecule has 0 spiro atoms. The van der Waals surface area contributed by atoms with Crippen LogP contribution in [0.2, 0.25) is 0 Å². The molecule has 0 aliphatic heterocycles. The van der Waals surface area contributed by atoms with Crippen LogP contribution in [0.3, 0.4) is 0 Å². The number of nitrogens with one attached hydrogen (secondary N) is 1. The Labute approximate surface area is 105 Å². The van der Waals surface area contributed by atoms with Crippen molar-refractivity contribution in [1.82, 2.24) is 5.32 Å². The summed E-state index contributed by atoms with van der Waals surface area (Å²) in [6.45, 7) is 3.28. The summed E-state index contributed by atoms with van der Waals surface area (Å²) in [6.07, 6.45) is 7.04. The summed E-state index contributed by atoms with van der Waals surface area (Å²) < 4.78 is 0. The first-order valence-corrected chi connectivity index (χ1v) is 7.21. The van der Waals surface area contributed by atoms with Gasteiger partial charge < -0.3 is 5.32 Å². The minimum atomic E-state index is 0.607. The predicted molar refractivity (Wildman–Crippen MR) is 72.2 cm³/mol. The van der Waals surface area contributed by atoms with Crippen LogP contribution in [0.1, 0.15) is 62.1 Å². The van der Waals surface area contributed by atoms with Gasteiger partial charge in [0.2, 0.25) is 0 Å². The Morgan fingerprint density at radius 2 is 1.82 bits per heavy atom. The van der Waals surface area contributed by atoms with Gasteiger partial charge in [0.15, 0.2) is 0 Å². The molecule has 1 atom stereocenters. The summed E-state index contributed by atoms with van der Waals surface area (Å²) in [4.78, 5) is 0. The van der Waals surface area contributed by atoms with E-state index >= 15 is 0 Å². The first kappa shape index (κ1) is 11.3. The molecule has 1 aromatic rings. The number of hydrogen-bond acceptors (Lipinski definition) is 1. The Hall–Kier alpha value is -0.820. The SMILES string of the molecule is CCNC(c1ccc(C2CCC2)cc1)C1CC1. The van der Waals surface area contributed by atoms with Gasteiger partial charge in [-0.05, 0) is 55.2 Å². The summed E-state index contributed by atoms with van der Waals surface area (Å²) in [6, 6.07) is 10.1. The molecule has 0 aromatic heterocycles. The third-order valence-corrected chi connectivity index (χ3v) is 4.39. The molecule has 1 N–H and O–H groups in total. The lowest BCUT2D eigenvalue weighted by Crippen LogP contribution is -2.22. The van der Waals surface area contributed by atoms with Crippen molar-refractivity contribution in [3.63, 3.8) is 0 Å². The monoisotopic (exact) mass is 229 g/mol. The molecular weight excluding hydrogens is 206 g/mol. The van der Waals surface area contributed by atoms with Gasteiger partial charge in [-0.2, -0.15) is 0 Å². The largest absolute Gasteiger partial charge is 0.310 e. The second kappa shape index (κ2) is 4.81. The van der Waals surface area contributed by atoms with Gasteiger partial charge in [-0.3, -0.25) is 0 Å². The smallest absolute Gasteiger partial charge is 0.0348 e. The zero-order valence-electron chi connectivity index (χ0n) is 10.8. The van der Waals surface area contributed by atoms with E-state index in [-0.39, 0.29) is 0 Å². The van der Waals surface area contributed by atoms with E-state index in [2.05, 4.69) is 36.5 Å². The molecule has 1 nitrogen and oxygen atoms in total. The van der Waals surface area contributed by atoms with Crippen LogP contribution in [-0.2, 0) is 0 Å². The van der Waals surface area contributed by atoms with Crippen molar-refractivity contribution in [2.75, 3.05) is 6.54 Å². The topological polar surface area (TPSA) is 12.0 Å². The van der Waals surface area contributed by atoms with Crippen LogP contribution in [0.25, 0.3) is 0 Å². The molecule has 2 saturated carbocycles. The standard InChI is InChI=1S/C16H23N/c1-2-17-16(15-10-11-15)14-8-6-13(7-9-14)12-4-3-5-12/h6-9,12,15-17H,2-5,10-11H2,1H3. The molecule has 0 amide bonds. The van der Waals surface area contributed by atoms with Crippen LogP contribution in [0.4, 0.5) is 0 Å². The van der Waals surface area contributed by atoms with E-state index in [4.69, 9.17) is 0 Å². The van der Waals surface area contributed by atoms with E-state index in [1.165, 1.54) is 37.7 Å². The van der Waals surface area contributed by atoms with Gasteiger partial charge in [0.1, 0.15) is 0 Å². The maximum Gasteiger partial charge on any atom is 0.0348 e. The fraction of sp³-hybridized carbons (Fsp3) is 0.625. The highest BCUT2D eigenvalue weighted by molar-refractivity contribution is 5.29. The van der Waals surface area contributed by atoms with Gasteiger partial charge in [-0.25, -0.2) is 0 Å². The van der Waals surface area contributed by atoms with Crippen molar-refractivity contribution >= 4 is 0 Å². The van der Waals surface area contributed by atoms with Gasteiger partial charge in [0.25, 0.3) is 0 Å². The number of hydrogen-bond donors (Lipinski definition) is 1. The zero-order chi connectivity index (χ0) is 11.7. The number of benzene rings is 1. The predicted octanol–water partition coefficient (Wildman–Crippen LogP) is 4.01. The summed E-state index contributed by atoms with van der Waals surface area (Å²) >= 11 is 0. The van der Waals surface area contributed by atoms with Crippen LogP contribution in [-0.4, -0.2) is 6.54 Å². The first-order chi connectivity index (χ1) is 8.38. The van der Waals surface area contributed by atoms with Crippen LogP contribution < -0.4 is 5.32 Å². The van der Waals surface area contributed by atoms with E-state index in [1.54, 1.807) is 5.56 Å². The molecule has 17 heavy (non-hydrogen) atoms. The normalized spacial score (nSPS) is 22.2. The van der Waals surface area contributed by atoms with Crippen molar-refractivity contribution in [3.8, 4) is 0 Å². The Morgan fingerprint density at radius 1 is 1.12 bits per heavy atom. The lowest BCUT2D eigenvalue weighted by atomic mass is 9.80. The average molecular weight is 229 g/mol. The second-order valence-corrected chi connectivity index (χ2v) is 5.67. The highest BCUT2D eigenvalue weighted by Gasteiger charge is 2.31. The van der Waals surface area contributed by atoms with Gasteiger partial charge in [-0.15, -0.1) is 0 Å². The Kier molecular flexibility index (Phi) is 3.19. The van der Waals surface area contributed by atoms with Gasteiger partial charge in [-0.1, -0.05) is 37.6 Å². The summed E-state index contributed by atoms with van der Waals surface area (Å²) in [7, 11) is 0. The summed E-state index contributed by atoms with van der Waals surface area (Å²) in [5, 5.41) is 3.64. The van der Waals surface area contributed by atoms with Gasteiger partial charge in [0, 0.05) is 6.04 Å². The van der Waals surface area contributed by atoms with Crippen molar-refractivity contribution in [3.05, 3.63) is 35.4 Å². The molecule has 0 radical (unpaired) electrons. The third kappa shape index (κ3) is 2.40. The van der Waals surface area contributed by atoms with Crippen LogP contribution in [0.15, 0.2) is 24.3 Å². The minimum absolute atomic E-state index is 0.607. The fourth-order valence-electron chi connectivity index (χ4n) is 2.92. The van der Waals surface area contributed by atoms with E-state index in [9.17, 15) is 0 Å². The fourth-order valence-corrected chi connectivity index (χ4v) is 2.92. The quantitative estimate of drug-likeness (QED) is 0.804. The Balaban J connectivity index is 1.72. The molecule has 0 heterocycles. The highest BCUT2D eigenvalue weighted by atomic mass is 14.9. The third-order valence-electron chi connectivity index (χ3n) is 4.39. The molecule has 0 bridgehead atoms. The van der Waals surface area contributed by atoms with E-state index in [0.717, 1.165) is 18.4 Å².